The van der Waals surface area contributed by atoms with Gasteiger partial charge in [-0.1, -0.05) is 6.07 Å². The summed E-state index contributed by atoms with van der Waals surface area (Å²) >= 11 is 0. The summed E-state index contributed by atoms with van der Waals surface area (Å²) < 4.78 is 16.5. The standard InChI is InChI=1S/C19H27NO4/c1-22-17-5-2-6-18(12-17)24-14-15-4-3-9-20(13-15)19(21)16-7-10-23-11-8-16/h2,5-6,12,15-16H,3-4,7-11,13-14H2,1H3. The molecule has 1 aromatic carbocycles. The second-order valence-corrected chi connectivity index (χ2v) is 6.67. The number of ether oxygens (including phenoxy) is 3. The molecule has 1 aromatic rings. The lowest BCUT2D eigenvalue weighted by atomic mass is 9.94. The SMILES string of the molecule is COc1cccc(OCC2CCCN(C(=O)C3CCOCC3)C2)c1. The van der Waals surface area contributed by atoms with Crippen molar-refractivity contribution < 1.29 is 19.0 Å². The molecule has 2 heterocycles. The first-order valence-corrected chi connectivity index (χ1v) is 8.89. The van der Waals surface area contributed by atoms with Crippen molar-refractivity contribution >= 4 is 5.91 Å². The minimum absolute atomic E-state index is 0.150. The third kappa shape index (κ3) is 4.41. The quantitative estimate of drug-likeness (QED) is 0.831. The molecule has 5 nitrogen and oxygen atoms in total. The van der Waals surface area contributed by atoms with Crippen LogP contribution in [-0.2, 0) is 9.53 Å². The average Bonchev–Trinajstić information content (AvgIpc) is 2.67. The summed E-state index contributed by atoms with van der Waals surface area (Å²) in [5.41, 5.74) is 0. The second kappa shape index (κ2) is 8.38. The Labute approximate surface area is 143 Å². The topological polar surface area (TPSA) is 48.0 Å². The molecule has 2 aliphatic rings. The van der Waals surface area contributed by atoms with E-state index in [4.69, 9.17) is 14.2 Å². The van der Waals surface area contributed by atoms with E-state index < -0.39 is 0 Å². The Morgan fingerprint density at radius 3 is 2.83 bits per heavy atom. The van der Waals surface area contributed by atoms with Gasteiger partial charge in [-0.3, -0.25) is 4.79 Å². The summed E-state index contributed by atoms with van der Waals surface area (Å²) in [6.07, 6.45) is 3.89. The van der Waals surface area contributed by atoms with Crippen LogP contribution in [-0.4, -0.2) is 50.8 Å². The minimum atomic E-state index is 0.150. The molecule has 24 heavy (non-hydrogen) atoms. The van der Waals surface area contributed by atoms with Crippen LogP contribution in [0.1, 0.15) is 25.7 Å². The van der Waals surface area contributed by atoms with Crippen molar-refractivity contribution in [3.05, 3.63) is 24.3 Å². The summed E-state index contributed by atoms with van der Waals surface area (Å²) in [6.45, 7) is 3.76. The number of rotatable bonds is 5. The fraction of sp³-hybridized carbons (Fsp3) is 0.632. The number of piperidine rings is 1. The highest BCUT2D eigenvalue weighted by Gasteiger charge is 2.30. The lowest BCUT2D eigenvalue weighted by Gasteiger charge is -2.35. The molecule has 132 valence electrons. The first kappa shape index (κ1) is 17.1. The van der Waals surface area contributed by atoms with Crippen LogP contribution in [0, 0.1) is 11.8 Å². The molecule has 2 aliphatic heterocycles. The van der Waals surface area contributed by atoms with Gasteiger partial charge in [-0.2, -0.15) is 0 Å². The number of hydrogen-bond donors (Lipinski definition) is 0. The van der Waals surface area contributed by atoms with E-state index in [9.17, 15) is 4.79 Å². The number of methoxy groups -OCH3 is 1. The molecule has 0 spiro atoms. The Morgan fingerprint density at radius 1 is 1.25 bits per heavy atom. The minimum Gasteiger partial charge on any atom is -0.497 e. The van der Waals surface area contributed by atoms with Crippen LogP contribution in [0.4, 0.5) is 0 Å². The normalized spacial score (nSPS) is 22.2. The van der Waals surface area contributed by atoms with Crippen LogP contribution in [0.5, 0.6) is 11.5 Å². The zero-order valence-corrected chi connectivity index (χ0v) is 14.4. The molecule has 1 unspecified atom stereocenters. The third-order valence-electron chi connectivity index (χ3n) is 4.93. The first-order valence-electron chi connectivity index (χ1n) is 8.89. The fourth-order valence-corrected chi connectivity index (χ4v) is 3.51. The highest BCUT2D eigenvalue weighted by atomic mass is 16.5. The molecule has 0 N–H and O–H groups in total. The third-order valence-corrected chi connectivity index (χ3v) is 4.93. The molecule has 5 heteroatoms. The Hall–Kier alpha value is -1.75. The van der Waals surface area contributed by atoms with Crippen LogP contribution in [0.3, 0.4) is 0 Å². The van der Waals surface area contributed by atoms with Gasteiger partial charge in [0.25, 0.3) is 0 Å². The smallest absolute Gasteiger partial charge is 0.225 e. The van der Waals surface area contributed by atoms with Crippen LogP contribution < -0.4 is 9.47 Å². The van der Waals surface area contributed by atoms with Crippen molar-refractivity contribution in [3.63, 3.8) is 0 Å². The van der Waals surface area contributed by atoms with Gasteiger partial charge in [-0.05, 0) is 37.8 Å². The van der Waals surface area contributed by atoms with Gasteiger partial charge in [-0.25, -0.2) is 0 Å². The number of nitrogens with zero attached hydrogens (tertiary/aromatic N) is 1. The predicted molar refractivity (Wildman–Crippen MR) is 91.3 cm³/mol. The van der Waals surface area contributed by atoms with E-state index in [1.807, 2.05) is 29.2 Å². The summed E-state index contributed by atoms with van der Waals surface area (Å²) in [7, 11) is 1.65. The van der Waals surface area contributed by atoms with Crippen molar-refractivity contribution in [1.82, 2.24) is 4.90 Å². The molecular formula is C19H27NO4. The maximum absolute atomic E-state index is 12.7. The summed E-state index contributed by atoms with van der Waals surface area (Å²) in [4.78, 5) is 14.7. The van der Waals surface area contributed by atoms with E-state index in [1.165, 1.54) is 0 Å². The summed E-state index contributed by atoms with van der Waals surface area (Å²) in [6, 6.07) is 7.67. The van der Waals surface area contributed by atoms with Gasteiger partial charge in [-0.15, -0.1) is 0 Å². The monoisotopic (exact) mass is 333 g/mol. The van der Waals surface area contributed by atoms with Crippen molar-refractivity contribution in [2.75, 3.05) is 40.0 Å². The van der Waals surface area contributed by atoms with Crippen molar-refractivity contribution in [2.24, 2.45) is 11.8 Å². The molecular weight excluding hydrogens is 306 g/mol. The second-order valence-electron chi connectivity index (χ2n) is 6.67. The first-order chi connectivity index (χ1) is 11.8. The van der Waals surface area contributed by atoms with E-state index in [-0.39, 0.29) is 5.92 Å². The molecule has 3 rings (SSSR count). The van der Waals surface area contributed by atoms with Crippen LogP contribution in [0.2, 0.25) is 0 Å². The molecule has 2 saturated heterocycles. The lowest BCUT2D eigenvalue weighted by molar-refractivity contribution is -0.140. The Balaban J connectivity index is 1.50. The highest BCUT2D eigenvalue weighted by Crippen LogP contribution is 2.24. The molecule has 1 atom stereocenters. The van der Waals surface area contributed by atoms with Crippen molar-refractivity contribution in [1.29, 1.82) is 0 Å². The van der Waals surface area contributed by atoms with Gasteiger partial charge < -0.3 is 19.1 Å². The van der Waals surface area contributed by atoms with Gasteiger partial charge in [0.1, 0.15) is 11.5 Å². The van der Waals surface area contributed by atoms with E-state index in [0.717, 1.165) is 50.3 Å². The van der Waals surface area contributed by atoms with E-state index >= 15 is 0 Å². The number of likely N-dealkylation sites (tertiary alicyclic amines) is 1. The predicted octanol–water partition coefficient (Wildman–Crippen LogP) is 2.74. The number of amides is 1. The van der Waals surface area contributed by atoms with Gasteiger partial charge in [0.2, 0.25) is 5.91 Å². The van der Waals surface area contributed by atoms with Crippen molar-refractivity contribution in [2.45, 2.75) is 25.7 Å². The molecule has 0 radical (unpaired) electrons. The summed E-state index contributed by atoms with van der Waals surface area (Å²) in [5, 5.41) is 0. The maximum Gasteiger partial charge on any atom is 0.225 e. The summed E-state index contributed by atoms with van der Waals surface area (Å²) in [5.74, 6) is 2.48. The number of carbonyl (C=O) groups excluding carboxylic acids is 1. The zero-order chi connectivity index (χ0) is 16.8. The Bertz CT molecular complexity index is 542. The molecule has 0 aliphatic carbocycles. The number of hydrogen-bond acceptors (Lipinski definition) is 4. The lowest BCUT2D eigenvalue weighted by Crippen LogP contribution is -2.45. The molecule has 0 saturated carbocycles. The van der Waals surface area contributed by atoms with Crippen molar-refractivity contribution in [3.8, 4) is 11.5 Å². The van der Waals surface area contributed by atoms with E-state index in [0.29, 0.717) is 31.6 Å². The number of benzene rings is 1. The zero-order valence-electron chi connectivity index (χ0n) is 14.4. The molecule has 0 bridgehead atoms. The van der Waals surface area contributed by atoms with Crippen LogP contribution in [0.15, 0.2) is 24.3 Å². The van der Waals surface area contributed by atoms with Crippen LogP contribution >= 0.6 is 0 Å². The molecule has 1 amide bonds. The van der Waals surface area contributed by atoms with E-state index in [1.54, 1.807) is 7.11 Å². The molecule has 2 fully saturated rings. The van der Waals surface area contributed by atoms with Gasteiger partial charge in [0, 0.05) is 44.2 Å². The Morgan fingerprint density at radius 2 is 2.04 bits per heavy atom. The molecule has 0 aromatic heterocycles. The Kier molecular flexibility index (Phi) is 5.96. The largest absolute Gasteiger partial charge is 0.497 e. The van der Waals surface area contributed by atoms with Gasteiger partial charge in [0.05, 0.1) is 13.7 Å². The van der Waals surface area contributed by atoms with Gasteiger partial charge >= 0.3 is 0 Å². The van der Waals surface area contributed by atoms with Crippen LogP contribution in [0.25, 0.3) is 0 Å². The fourth-order valence-electron chi connectivity index (χ4n) is 3.51. The maximum atomic E-state index is 12.7. The van der Waals surface area contributed by atoms with Gasteiger partial charge in [0.15, 0.2) is 0 Å². The number of carbonyl (C=O) groups is 1. The highest BCUT2D eigenvalue weighted by molar-refractivity contribution is 5.79. The average molecular weight is 333 g/mol. The van der Waals surface area contributed by atoms with E-state index in [2.05, 4.69) is 0 Å².